The van der Waals surface area contributed by atoms with Crippen molar-refractivity contribution in [2.45, 2.75) is 6.61 Å². The van der Waals surface area contributed by atoms with E-state index < -0.39 is 0 Å². The molecule has 3 N–H and O–H groups in total. The topological polar surface area (TPSA) is 76.7 Å². The van der Waals surface area contributed by atoms with Crippen molar-refractivity contribution in [3.8, 4) is 5.75 Å². The minimum absolute atomic E-state index is 0.354. The number of hydrogen-bond acceptors (Lipinski definition) is 4. The first kappa shape index (κ1) is 19.2. The molecular weight excluding hydrogens is 374 g/mol. The summed E-state index contributed by atoms with van der Waals surface area (Å²) in [5, 5.41) is 6.39. The average molecular weight is 395 g/mol. The van der Waals surface area contributed by atoms with Crippen LogP contribution in [0.3, 0.4) is 0 Å². The second kappa shape index (κ2) is 8.92. The van der Waals surface area contributed by atoms with Gasteiger partial charge in [-0.3, -0.25) is 4.79 Å². The summed E-state index contributed by atoms with van der Waals surface area (Å²) in [6, 6.07) is 28.8. The molecule has 0 aliphatic rings. The lowest BCUT2D eigenvalue weighted by atomic mass is 10.1. The molecule has 4 aromatic carbocycles. The van der Waals surface area contributed by atoms with Gasteiger partial charge in [0.1, 0.15) is 12.4 Å². The van der Waals surface area contributed by atoms with Crippen LogP contribution in [0.4, 0.5) is 5.69 Å². The van der Waals surface area contributed by atoms with E-state index in [4.69, 9.17) is 10.5 Å². The van der Waals surface area contributed by atoms with Crippen molar-refractivity contribution < 1.29 is 9.53 Å². The molecule has 0 saturated heterocycles. The van der Waals surface area contributed by atoms with Crippen LogP contribution in [0.25, 0.3) is 10.8 Å². The number of carbonyl (C=O) groups is 1. The third-order valence-electron chi connectivity index (χ3n) is 4.72. The Kier molecular flexibility index (Phi) is 5.71. The third kappa shape index (κ3) is 4.47. The number of nitrogens with one attached hydrogen (secondary N) is 1. The van der Waals surface area contributed by atoms with Crippen molar-refractivity contribution in [1.82, 2.24) is 5.43 Å². The number of carbonyl (C=O) groups excluding carboxylic acids is 1. The van der Waals surface area contributed by atoms with Gasteiger partial charge in [0, 0.05) is 5.69 Å². The molecule has 0 aliphatic heterocycles. The number of hydrogen-bond donors (Lipinski definition) is 2. The fraction of sp³-hybridized carbons (Fsp3) is 0.0400. The van der Waals surface area contributed by atoms with Crippen LogP contribution >= 0.6 is 0 Å². The molecule has 4 aromatic rings. The van der Waals surface area contributed by atoms with Crippen LogP contribution in [-0.4, -0.2) is 12.1 Å². The summed E-state index contributed by atoms with van der Waals surface area (Å²) in [6.07, 6.45) is 1.57. The third-order valence-corrected chi connectivity index (χ3v) is 4.72. The van der Waals surface area contributed by atoms with E-state index in [1.807, 2.05) is 42.5 Å². The molecule has 0 aliphatic carbocycles. The number of benzene rings is 4. The van der Waals surface area contributed by atoms with Crippen molar-refractivity contribution in [2.75, 3.05) is 5.73 Å². The van der Waals surface area contributed by atoms with Gasteiger partial charge in [0.25, 0.3) is 5.91 Å². The summed E-state index contributed by atoms with van der Waals surface area (Å²) in [5.74, 6) is 0.373. The Morgan fingerprint density at radius 3 is 2.60 bits per heavy atom. The number of hydrazone groups is 1. The van der Waals surface area contributed by atoms with E-state index in [1.54, 1.807) is 30.5 Å². The molecule has 0 unspecified atom stereocenters. The van der Waals surface area contributed by atoms with Gasteiger partial charge in [-0.15, -0.1) is 0 Å². The quantitative estimate of drug-likeness (QED) is 0.281. The van der Waals surface area contributed by atoms with Crippen LogP contribution in [0.15, 0.2) is 96.1 Å². The van der Waals surface area contributed by atoms with Gasteiger partial charge in [0.15, 0.2) is 0 Å². The largest absolute Gasteiger partial charge is 0.489 e. The molecule has 0 fully saturated rings. The van der Waals surface area contributed by atoms with Gasteiger partial charge in [-0.2, -0.15) is 5.10 Å². The smallest absolute Gasteiger partial charge is 0.273 e. The zero-order chi connectivity index (χ0) is 20.8. The van der Waals surface area contributed by atoms with E-state index in [1.165, 1.54) is 10.8 Å². The van der Waals surface area contributed by atoms with Gasteiger partial charge < -0.3 is 10.5 Å². The average Bonchev–Trinajstić information content (AvgIpc) is 2.78. The molecule has 5 nitrogen and oxygen atoms in total. The Morgan fingerprint density at radius 2 is 1.70 bits per heavy atom. The summed E-state index contributed by atoms with van der Waals surface area (Å²) >= 11 is 0. The molecule has 0 bridgehead atoms. The number of para-hydroxylation sites is 1. The van der Waals surface area contributed by atoms with Crippen molar-refractivity contribution >= 4 is 28.6 Å². The first-order valence-electron chi connectivity index (χ1n) is 9.58. The summed E-state index contributed by atoms with van der Waals surface area (Å²) < 4.78 is 5.99. The van der Waals surface area contributed by atoms with Gasteiger partial charge in [-0.25, -0.2) is 5.43 Å². The lowest BCUT2D eigenvalue weighted by Crippen LogP contribution is -2.18. The Morgan fingerprint density at radius 1 is 0.933 bits per heavy atom. The monoisotopic (exact) mass is 395 g/mol. The van der Waals surface area contributed by atoms with E-state index in [9.17, 15) is 4.79 Å². The number of nitrogen functional groups attached to an aromatic ring is 1. The van der Waals surface area contributed by atoms with Crippen LogP contribution in [0.1, 0.15) is 21.5 Å². The number of amides is 1. The van der Waals surface area contributed by atoms with E-state index >= 15 is 0 Å². The van der Waals surface area contributed by atoms with Gasteiger partial charge in [-0.1, -0.05) is 66.7 Å². The van der Waals surface area contributed by atoms with E-state index in [-0.39, 0.29) is 5.91 Å². The minimum atomic E-state index is -0.354. The molecule has 30 heavy (non-hydrogen) atoms. The maximum Gasteiger partial charge on any atom is 0.273 e. The summed E-state index contributed by atoms with van der Waals surface area (Å²) in [4.78, 5) is 12.2. The van der Waals surface area contributed by atoms with Gasteiger partial charge in [0.2, 0.25) is 0 Å². The van der Waals surface area contributed by atoms with Crippen LogP contribution in [-0.2, 0) is 6.61 Å². The predicted octanol–water partition coefficient (Wildman–Crippen LogP) is 4.76. The number of fused-ring (bicyclic) bond motifs is 1. The molecule has 5 heteroatoms. The lowest BCUT2D eigenvalue weighted by Gasteiger charge is -2.09. The highest BCUT2D eigenvalue weighted by Gasteiger charge is 2.07. The highest BCUT2D eigenvalue weighted by molar-refractivity contribution is 5.99. The number of nitrogens with two attached hydrogens (primary N) is 1. The normalized spacial score (nSPS) is 10.9. The predicted molar refractivity (Wildman–Crippen MR) is 121 cm³/mol. The molecule has 0 heterocycles. The second-order valence-electron chi connectivity index (χ2n) is 6.79. The number of nitrogens with zero attached hydrogens (tertiary/aromatic N) is 1. The zero-order valence-electron chi connectivity index (χ0n) is 16.3. The Hall–Kier alpha value is -4.12. The maximum atomic E-state index is 12.2. The Labute approximate surface area is 174 Å². The standard InChI is InChI=1S/C25H21N3O2/c26-24-14-4-3-13-23(24)25(29)28-27-16-18-7-5-11-21(15-18)30-17-20-10-6-9-19-8-1-2-12-22(19)20/h1-16H,17,26H2,(H,28,29)/b27-16+. The maximum absolute atomic E-state index is 12.2. The molecule has 0 saturated carbocycles. The summed E-state index contributed by atoms with van der Waals surface area (Å²) in [6.45, 7) is 0.464. The fourth-order valence-electron chi connectivity index (χ4n) is 3.19. The molecule has 0 spiro atoms. The van der Waals surface area contributed by atoms with Gasteiger partial charge in [0.05, 0.1) is 11.8 Å². The molecule has 0 atom stereocenters. The summed E-state index contributed by atoms with van der Waals surface area (Å²) in [5.41, 5.74) is 11.0. The molecule has 148 valence electrons. The molecule has 0 radical (unpaired) electrons. The SMILES string of the molecule is Nc1ccccc1C(=O)N/N=C/c1cccc(OCc2cccc3ccccc23)c1. The molecule has 4 rings (SSSR count). The Balaban J connectivity index is 1.41. The molecule has 0 aromatic heterocycles. The molecular formula is C25H21N3O2. The van der Waals surface area contributed by atoms with E-state index in [0.29, 0.717) is 17.9 Å². The second-order valence-corrected chi connectivity index (χ2v) is 6.79. The van der Waals surface area contributed by atoms with Crippen molar-refractivity contribution in [3.63, 3.8) is 0 Å². The van der Waals surface area contributed by atoms with Gasteiger partial charge >= 0.3 is 0 Å². The highest BCUT2D eigenvalue weighted by Crippen LogP contribution is 2.21. The van der Waals surface area contributed by atoms with Crippen LogP contribution in [0.5, 0.6) is 5.75 Å². The minimum Gasteiger partial charge on any atom is -0.489 e. The first-order chi connectivity index (χ1) is 14.7. The number of ether oxygens (including phenoxy) is 1. The number of anilines is 1. The van der Waals surface area contributed by atoms with E-state index in [2.05, 4.69) is 34.8 Å². The van der Waals surface area contributed by atoms with E-state index in [0.717, 1.165) is 16.9 Å². The summed E-state index contributed by atoms with van der Waals surface area (Å²) in [7, 11) is 0. The van der Waals surface area contributed by atoms with Crippen molar-refractivity contribution in [1.29, 1.82) is 0 Å². The molecule has 1 amide bonds. The lowest BCUT2D eigenvalue weighted by molar-refractivity contribution is 0.0956. The van der Waals surface area contributed by atoms with Crippen LogP contribution in [0.2, 0.25) is 0 Å². The first-order valence-corrected chi connectivity index (χ1v) is 9.58. The van der Waals surface area contributed by atoms with Crippen molar-refractivity contribution in [2.24, 2.45) is 5.10 Å². The van der Waals surface area contributed by atoms with Crippen molar-refractivity contribution in [3.05, 3.63) is 108 Å². The Bertz CT molecular complexity index is 1210. The van der Waals surface area contributed by atoms with Crippen LogP contribution < -0.4 is 15.9 Å². The number of rotatable bonds is 6. The highest BCUT2D eigenvalue weighted by atomic mass is 16.5. The fourth-order valence-corrected chi connectivity index (χ4v) is 3.19. The van der Waals surface area contributed by atoms with Gasteiger partial charge in [-0.05, 0) is 46.2 Å². The zero-order valence-corrected chi connectivity index (χ0v) is 16.3. The van der Waals surface area contributed by atoms with Crippen LogP contribution in [0, 0.1) is 0 Å².